The van der Waals surface area contributed by atoms with Crippen LogP contribution < -0.4 is 4.90 Å². The average Bonchev–Trinajstić information content (AvgIpc) is 2.46. The number of ether oxygens (including phenoxy) is 1. The van der Waals surface area contributed by atoms with Crippen molar-refractivity contribution in [3.63, 3.8) is 0 Å². The Morgan fingerprint density at radius 1 is 1.40 bits per heavy atom. The van der Waals surface area contributed by atoms with Crippen LogP contribution >= 0.6 is 0 Å². The van der Waals surface area contributed by atoms with Gasteiger partial charge in [0.1, 0.15) is 5.82 Å². The fraction of sp³-hybridized carbons (Fsp3) is 0.500. The number of esters is 1. The van der Waals surface area contributed by atoms with Crippen LogP contribution in [0.25, 0.3) is 0 Å². The average molecular weight is 274 g/mol. The molecule has 1 aromatic heterocycles. The summed E-state index contributed by atoms with van der Waals surface area (Å²) in [6, 6.07) is 3.47. The molecule has 1 aliphatic heterocycles. The van der Waals surface area contributed by atoms with E-state index in [1.807, 2.05) is 0 Å². The van der Waals surface area contributed by atoms with Gasteiger partial charge in [-0.05, 0) is 24.0 Å². The first-order valence-corrected chi connectivity index (χ1v) is 6.90. The van der Waals surface area contributed by atoms with E-state index in [4.69, 9.17) is 4.74 Å². The fourth-order valence-electron chi connectivity index (χ4n) is 2.39. The van der Waals surface area contributed by atoms with E-state index in [-0.39, 0.29) is 11.4 Å². The summed E-state index contributed by atoms with van der Waals surface area (Å²) in [4.78, 5) is 18.1. The molecular formula is C16H22N2O2. The van der Waals surface area contributed by atoms with Crippen LogP contribution in [0.1, 0.15) is 37.6 Å². The topological polar surface area (TPSA) is 42.4 Å². The highest BCUT2D eigenvalue weighted by atomic mass is 16.5. The largest absolute Gasteiger partial charge is 0.465 e. The van der Waals surface area contributed by atoms with Gasteiger partial charge >= 0.3 is 5.97 Å². The molecule has 20 heavy (non-hydrogen) atoms. The van der Waals surface area contributed by atoms with Crippen LogP contribution in [0, 0.1) is 5.41 Å². The van der Waals surface area contributed by atoms with Crippen molar-refractivity contribution in [3.8, 4) is 0 Å². The SMILES string of the molecule is COC(=O)c1ccnc(N2CC=C(C(C)(C)C)CC2)c1. The highest BCUT2D eigenvalue weighted by molar-refractivity contribution is 5.90. The summed E-state index contributed by atoms with van der Waals surface area (Å²) in [5.74, 6) is 0.508. The molecule has 0 N–H and O–H groups in total. The molecule has 4 heteroatoms. The zero-order valence-corrected chi connectivity index (χ0v) is 12.6. The van der Waals surface area contributed by atoms with Crippen LogP contribution in [0.3, 0.4) is 0 Å². The minimum atomic E-state index is -0.323. The van der Waals surface area contributed by atoms with Crippen molar-refractivity contribution in [1.29, 1.82) is 0 Å². The van der Waals surface area contributed by atoms with Crippen LogP contribution in [-0.2, 0) is 4.74 Å². The summed E-state index contributed by atoms with van der Waals surface area (Å²) in [5, 5.41) is 0. The third-order valence-corrected chi connectivity index (χ3v) is 3.66. The van der Waals surface area contributed by atoms with E-state index in [1.54, 1.807) is 18.3 Å². The normalized spacial score (nSPS) is 15.8. The lowest BCUT2D eigenvalue weighted by molar-refractivity contribution is 0.0600. The molecule has 1 aromatic rings. The van der Waals surface area contributed by atoms with Gasteiger partial charge in [0.15, 0.2) is 0 Å². The first-order valence-electron chi connectivity index (χ1n) is 6.90. The molecule has 0 amide bonds. The van der Waals surface area contributed by atoms with E-state index in [9.17, 15) is 4.79 Å². The summed E-state index contributed by atoms with van der Waals surface area (Å²) >= 11 is 0. The van der Waals surface area contributed by atoms with Gasteiger partial charge in [-0.15, -0.1) is 0 Å². The molecule has 0 bridgehead atoms. The molecule has 0 unspecified atom stereocenters. The lowest BCUT2D eigenvalue weighted by atomic mass is 9.83. The predicted octanol–water partition coefficient (Wildman–Crippen LogP) is 3.05. The molecule has 0 saturated heterocycles. The third kappa shape index (κ3) is 3.18. The molecule has 0 aromatic carbocycles. The second-order valence-corrected chi connectivity index (χ2v) is 6.07. The minimum Gasteiger partial charge on any atom is -0.465 e. The van der Waals surface area contributed by atoms with E-state index >= 15 is 0 Å². The van der Waals surface area contributed by atoms with Gasteiger partial charge in [0.25, 0.3) is 0 Å². The van der Waals surface area contributed by atoms with E-state index in [0.717, 1.165) is 25.3 Å². The van der Waals surface area contributed by atoms with Crippen molar-refractivity contribution in [2.75, 3.05) is 25.1 Å². The summed E-state index contributed by atoms with van der Waals surface area (Å²) in [6.45, 7) is 8.49. The van der Waals surface area contributed by atoms with Crippen LogP contribution in [0.5, 0.6) is 0 Å². The number of anilines is 1. The van der Waals surface area contributed by atoms with Gasteiger partial charge in [0, 0.05) is 19.3 Å². The molecule has 0 saturated carbocycles. The lowest BCUT2D eigenvalue weighted by Gasteiger charge is -2.32. The Hall–Kier alpha value is -1.84. The predicted molar refractivity (Wildman–Crippen MR) is 79.9 cm³/mol. The van der Waals surface area contributed by atoms with Gasteiger partial charge in [0.05, 0.1) is 12.7 Å². The minimum absolute atomic E-state index is 0.230. The van der Waals surface area contributed by atoms with E-state index in [1.165, 1.54) is 12.7 Å². The molecule has 0 spiro atoms. The zero-order valence-electron chi connectivity index (χ0n) is 12.6. The first kappa shape index (κ1) is 14.6. The molecule has 2 heterocycles. The Labute approximate surface area is 120 Å². The smallest absolute Gasteiger partial charge is 0.338 e. The first-order chi connectivity index (χ1) is 9.41. The molecule has 1 aliphatic rings. The fourth-order valence-corrected chi connectivity index (χ4v) is 2.39. The number of rotatable bonds is 2. The van der Waals surface area contributed by atoms with Crippen LogP contribution in [0.15, 0.2) is 30.0 Å². The molecule has 0 atom stereocenters. The Morgan fingerprint density at radius 2 is 2.15 bits per heavy atom. The number of nitrogens with zero attached hydrogens (tertiary/aromatic N) is 2. The Balaban J connectivity index is 2.15. The molecule has 0 fully saturated rings. The number of hydrogen-bond acceptors (Lipinski definition) is 4. The zero-order chi connectivity index (χ0) is 14.8. The highest BCUT2D eigenvalue weighted by Gasteiger charge is 2.22. The Bertz CT molecular complexity index is 530. The van der Waals surface area contributed by atoms with Gasteiger partial charge in [-0.25, -0.2) is 9.78 Å². The third-order valence-electron chi connectivity index (χ3n) is 3.66. The van der Waals surface area contributed by atoms with E-state index in [0.29, 0.717) is 5.56 Å². The van der Waals surface area contributed by atoms with Crippen LogP contribution in [0.2, 0.25) is 0 Å². The van der Waals surface area contributed by atoms with Crippen LogP contribution in [0.4, 0.5) is 5.82 Å². The van der Waals surface area contributed by atoms with Crippen molar-refractivity contribution < 1.29 is 9.53 Å². The molecule has 108 valence electrons. The van der Waals surface area contributed by atoms with Gasteiger partial charge in [-0.2, -0.15) is 0 Å². The number of carbonyl (C=O) groups excluding carboxylic acids is 1. The molecule has 2 rings (SSSR count). The number of hydrogen-bond donors (Lipinski definition) is 0. The quantitative estimate of drug-likeness (QED) is 0.614. The summed E-state index contributed by atoms with van der Waals surface area (Å²) in [7, 11) is 1.39. The molecule has 0 aliphatic carbocycles. The lowest BCUT2D eigenvalue weighted by Crippen LogP contribution is -2.31. The molecule has 4 nitrogen and oxygen atoms in total. The van der Waals surface area contributed by atoms with Crippen LogP contribution in [-0.4, -0.2) is 31.2 Å². The van der Waals surface area contributed by atoms with Gasteiger partial charge < -0.3 is 9.64 Å². The number of methoxy groups -OCH3 is 1. The van der Waals surface area contributed by atoms with Crippen molar-refractivity contribution >= 4 is 11.8 Å². The highest BCUT2D eigenvalue weighted by Crippen LogP contribution is 2.31. The van der Waals surface area contributed by atoms with E-state index in [2.05, 4.69) is 36.7 Å². The monoisotopic (exact) mass is 274 g/mol. The second kappa shape index (κ2) is 5.65. The van der Waals surface area contributed by atoms with Crippen molar-refractivity contribution in [3.05, 3.63) is 35.5 Å². The number of carbonyl (C=O) groups is 1. The molecular weight excluding hydrogens is 252 g/mol. The Morgan fingerprint density at radius 3 is 2.70 bits per heavy atom. The maximum absolute atomic E-state index is 11.6. The molecule has 0 radical (unpaired) electrons. The maximum atomic E-state index is 11.6. The summed E-state index contributed by atoms with van der Waals surface area (Å²) in [5.41, 5.74) is 2.26. The van der Waals surface area contributed by atoms with Crippen molar-refractivity contribution in [2.45, 2.75) is 27.2 Å². The summed E-state index contributed by atoms with van der Waals surface area (Å²) < 4.78 is 4.74. The number of aromatic nitrogens is 1. The van der Waals surface area contributed by atoms with Gasteiger partial charge in [-0.3, -0.25) is 0 Å². The standard InChI is InChI=1S/C16H22N2O2/c1-16(2,3)13-6-9-18(10-7-13)14-11-12(5-8-17-14)15(19)20-4/h5-6,8,11H,7,9-10H2,1-4H3. The Kier molecular flexibility index (Phi) is 4.12. The second-order valence-electron chi connectivity index (χ2n) is 6.07. The van der Waals surface area contributed by atoms with Gasteiger partial charge in [0.2, 0.25) is 0 Å². The number of pyridine rings is 1. The van der Waals surface area contributed by atoms with E-state index < -0.39 is 0 Å². The van der Waals surface area contributed by atoms with Crippen molar-refractivity contribution in [1.82, 2.24) is 4.98 Å². The van der Waals surface area contributed by atoms with Gasteiger partial charge in [-0.1, -0.05) is 32.4 Å². The van der Waals surface area contributed by atoms with Crippen molar-refractivity contribution in [2.24, 2.45) is 5.41 Å². The summed E-state index contributed by atoms with van der Waals surface area (Å²) in [6.07, 6.45) is 4.97. The maximum Gasteiger partial charge on any atom is 0.338 e.